The number of carbonyl (C=O) groups excluding carboxylic acids is 1. The summed E-state index contributed by atoms with van der Waals surface area (Å²) in [6, 6.07) is 4.84. The van der Waals surface area contributed by atoms with Crippen LogP contribution in [-0.4, -0.2) is 20.1 Å². The normalized spacial score (nSPS) is 9.38. The van der Waals surface area contributed by atoms with Crippen molar-refractivity contribution in [3.8, 4) is 11.5 Å². The molecule has 0 aliphatic heterocycles. The van der Waals surface area contributed by atoms with E-state index in [9.17, 15) is 4.79 Å². The van der Waals surface area contributed by atoms with Crippen LogP contribution in [0.2, 0.25) is 0 Å². The molecule has 0 heterocycles. The Morgan fingerprint density at radius 3 is 2.46 bits per heavy atom. The van der Waals surface area contributed by atoms with Gasteiger partial charge in [0.2, 0.25) is 0 Å². The van der Waals surface area contributed by atoms with E-state index in [0.717, 1.165) is 0 Å². The van der Waals surface area contributed by atoms with E-state index < -0.39 is 5.91 Å². The van der Waals surface area contributed by atoms with Gasteiger partial charge in [0.05, 0.1) is 19.8 Å². The van der Waals surface area contributed by atoms with Crippen LogP contribution in [0, 0.1) is 0 Å². The predicted octanol–water partition coefficient (Wildman–Crippen LogP) is 1.13. The van der Waals surface area contributed by atoms with Crippen LogP contribution < -0.4 is 15.2 Å². The number of ether oxygens (including phenoxy) is 2. The fourth-order valence-corrected chi connectivity index (χ4v) is 1.07. The molecule has 0 atom stereocenters. The molecule has 0 aromatic heterocycles. The van der Waals surface area contributed by atoms with E-state index in [1.807, 2.05) is 0 Å². The van der Waals surface area contributed by atoms with Gasteiger partial charge in [0, 0.05) is 0 Å². The Kier molecular flexibility index (Phi) is 2.74. The fraction of sp³-hybridized carbons (Fsp3) is 0.222. The number of hydrogen-bond donors (Lipinski definition) is 0. The zero-order chi connectivity index (χ0) is 9.84. The standard InChI is InChI=1S/C9H10NO3/c1-12-7-5-3-4-6(9(10)11)8(7)13-2/h3-5,10H,1-2H3. The average molecular weight is 180 g/mol. The quantitative estimate of drug-likeness (QED) is 0.700. The molecule has 13 heavy (non-hydrogen) atoms. The summed E-state index contributed by atoms with van der Waals surface area (Å²) in [7, 11) is 2.92. The van der Waals surface area contributed by atoms with Gasteiger partial charge < -0.3 is 9.47 Å². The molecule has 1 amide bonds. The van der Waals surface area contributed by atoms with Gasteiger partial charge in [0.1, 0.15) is 0 Å². The van der Waals surface area contributed by atoms with Crippen molar-refractivity contribution >= 4 is 5.91 Å². The first kappa shape index (κ1) is 9.38. The summed E-state index contributed by atoms with van der Waals surface area (Å²) < 4.78 is 9.93. The molecule has 0 aliphatic carbocycles. The van der Waals surface area contributed by atoms with Gasteiger partial charge >= 0.3 is 0 Å². The van der Waals surface area contributed by atoms with E-state index in [-0.39, 0.29) is 5.56 Å². The molecule has 1 aromatic rings. The van der Waals surface area contributed by atoms with Gasteiger partial charge in [-0.15, -0.1) is 0 Å². The molecule has 0 bridgehead atoms. The summed E-state index contributed by atoms with van der Waals surface area (Å²) >= 11 is 0. The fourth-order valence-electron chi connectivity index (χ4n) is 1.07. The predicted molar refractivity (Wildman–Crippen MR) is 47.0 cm³/mol. The van der Waals surface area contributed by atoms with E-state index in [2.05, 4.69) is 0 Å². The lowest BCUT2D eigenvalue weighted by Gasteiger charge is -2.09. The lowest BCUT2D eigenvalue weighted by molar-refractivity contribution is 0.0988. The smallest absolute Gasteiger partial charge is 0.273 e. The minimum atomic E-state index is -0.782. The Bertz CT molecular complexity index is 323. The summed E-state index contributed by atoms with van der Waals surface area (Å²) in [6.07, 6.45) is 0. The summed E-state index contributed by atoms with van der Waals surface area (Å²) in [5.74, 6) is -0.0126. The topological polar surface area (TPSA) is 59.3 Å². The Hall–Kier alpha value is -1.71. The van der Waals surface area contributed by atoms with Crippen LogP contribution in [0.25, 0.3) is 0 Å². The summed E-state index contributed by atoms with van der Waals surface area (Å²) in [5, 5.41) is 0. The number of rotatable bonds is 3. The van der Waals surface area contributed by atoms with E-state index >= 15 is 0 Å². The van der Waals surface area contributed by atoms with Crippen molar-refractivity contribution in [3.63, 3.8) is 0 Å². The van der Waals surface area contributed by atoms with Crippen LogP contribution in [0.15, 0.2) is 18.2 Å². The SMILES string of the molecule is COc1cccc(C([NH])=O)c1OC. The molecular formula is C9H10NO3. The lowest BCUT2D eigenvalue weighted by Crippen LogP contribution is -2.03. The van der Waals surface area contributed by atoms with Crippen molar-refractivity contribution in [2.45, 2.75) is 0 Å². The van der Waals surface area contributed by atoms with E-state index in [1.165, 1.54) is 20.3 Å². The second kappa shape index (κ2) is 3.80. The van der Waals surface area contributed by atoms with Crippen molar-refractivity contribution in [2.24, 2.45) is 0 Å². The molecule has 0 saturated heterocycles. The highest BCUT2D eigenvalue weighted by atomic mass is 16.5. The van der Waals surface area contributed by atoms with Gasteiger partial charge in [0.25, 0.3) is 5.91 Å². The maximum absolute atomic E-state index is 10.8. The van der Waals surface area contributed by atoms with Crippen LogP contribution >= 0.6 is 0 Å². The highest BCUT2D eigenvalue weighted by Gasteiger charge is 2.13. The van der Waals surface area contributed by atoms with E-state index in [4.69, 9.17) is 15.2 Å². The molecule has 1 radical (unpaired) electrons. The molecule has 0 unspecified atom stereocenters. The van der Waals surface area contributed by atoms with Crippen LogP contribution in [0.3, 0.4) is 0 Å². The third-order valence-electron chi connectivity index (χ3n) is 1.65. The van der Waals surface area contributed by atoms with Crippen molar-refractivity contribution in [2.75, 3.05) is 14.2 Å². The van der Waals surface area contributed by atoms with E-state index in [1.54, 1.807) is 12.1 Å². The second-order valence-electron chi connectivity index (χ2n) is 2.37. The van der Waals surface area contributed by atoms with Crippen molar-refractivity contribution in [1.29, 1.82) is 0 Å². The highest BCUT2D eigenvalue weighted by Crippen LogP contribution is 2.30. The number of benzene rings is 1. The first-order chi connectivity index (χ1) is 6.20. The Morgan fingerprint density at radius 1 is 1.31 bits per heavy atom. The van der Waals surface area contributed by atoms with E-state index in [0.29, 0.717) is 11.5 Å². The summed E-state index contributed by atoms with van der Waals surface area (Å²) in [6.45, 7) is 0. The first-order valence-corrected chi connectivity index (χ1v) is 3.67. The Balaban J connectivity index is 3.27. The van der Waals surface area contributed by atoms with Gasteiger partial charge in [-0.3, -0.25) is 10.5 Å². The molecule has 0 aliphatic rings. The van der Waals surface area contributed by atoms with Gasteiger partial charge in [-0.2, -0.15) is 0 Å². The molecular weight excluding hydrogens is 170 g/mol. The largest absolute Gasteiger partial charge is 0.493 e. The minimum absolute atomic E-state index is 0.210. The third-order valence-corrected chi connectivity index (χ3v) is 1.65. The molecule has 1 aromatic carbocycles. The van der Waals surface area contributed by atoms with Crippen LogP contribution in [0.4, 0.5) is 0 Å². The zero-order valence-electron chi connectivity index (χ0n) is 7.46. The van der Waals surface area contributed by atoms with Crippen molar-refractivity contribution < 1.29 is 14.3 Å². The van der Waals surface area contributed by atoms with Gasteiger partial charge in [0.15, 0.2) is 11.5 Å². The van der Waals surface area contributed by atoms with Gasteiger partial charge in [-0.1, -0.05) is 6.07 Å². The summed E-state index contributed by atoms with van der Waals surface area (Å²) in [5.41, 5.74) is 7.17. The zero-order valence-corrected chi connectivity index (χ0v) is 7.46. The number of methoxy groups -OCH3 is 2. The van der Waals surface area contributed by atoms with Crippen molar-refractivity contribution in [3.05, 3.63) is 23.8 Å². The third kappa shape index (κ3) is 1.72. The average Bonchev–Trinajstić information content (AvgIpc) is 2.16. The van der Waals surface area contributed by atoms with Gasteiger partial charge in [-0.25, -0.2) is 0 Å². The van der Waals surface area contributed by atoms with Gasteiger partial charge in [-0.05, 0) is 12.1 Å². The molecule has 1 rings (SSSR count). The number of nitrogens with one attached hydrogen (secondary N) is 1. The highest BCUT2D eigenvalue weighted by molar-refractivity contribution is 5.95. The second-order valence-corrected chi connectivity index (χ2v) is 2.37. The molecule has 4 nitrogen and oxygen atoms in total. The Labute approximate surface area is 76.3 Å². The molecule has 0 saturated carbocycles. The van der Waals surface area contributed by atoms with Crippen molar-refractivity contribution in [1.82, 2.24) is 5.73 Å². The molecule has 1 N–H and O–H groups in total. The monoisotopic (exact) mass is 180 g/mol. The summed E-state index contributed by atoms with van der Waals surface area (Å²) in [4.78, 5) is 10.8. The Morgan fingerprint density at radius 2 is 2.00 bits per heavy atom. The maximum Gasteiger partial charge on any atom is 0.273 e. The number of amides is 1. The molecule has 69 valence electrons. The number of hydrogen-bond acceptors (Lipinski definition) is 3. The van der Waals surface area contributed by atoms with Crippen LogP contribution in [0.5, 0.6) is 11.5 Å². The van der Waals surface area contributed by atoms with Crippen LogP contribution in [-0.2, 0) is 0 Å². The maximum atomic E-state index is 10.8. The minimum Gasteiger partial charge on any atom is -0.493 e. The molecule has 4 heteroatoms. The number of para-hydroxylation sites is 1. The molecule has 0 spiro atoms. The van der Waals surface area contributed by atoms with Crippen LogP contribution in [0.1, 0.15) is 10.4 Å². The number of carbonyl (C=O) groups is 1. The lowest BCUT2D eigenvalue weighted by atomic mass is 10.2. The molecule has 0 fully saturated rings. The first-order valence-electron chi connectivity index (χ1n) is 3.67.